The molecule has 2 heterocycles. The Morgan fingerprint density at radius 1 is 1.38 bits per heavy atom. The van der Waals surface area contributed by atoms with E-state index in [-0.39, 0.29) is 24.5 Å². The number of hydrogen-bond acceptors (Lipinski definition) is 6. The fourth-order valence-electron chi connectivity index (χ4n) is 2.42. The van der Waals surface area contributed by atoms with E-state index in [1.807, 2.05) is 0 Å². The molecule has 2 fully saturated rings. The van der Waals surface area contributed by atoms with Gasteiger partial charge in [-0.05, 0) is 32.1 Å². The van der Waals surface area contributed by atoms with Crippen molar-refractivity contribution >= 4 is 5.91 Å². The number of amides is 1. The molecule has 0 spiro atoms. The Kier molecular flexibility index (Phi) is 4.50. The van der Waals surface area contributed by atoms with Crippen molar-refractivity contribution in [3.8, 4) is 0 Å². The molecule has 1 amide bonds. The fourth-order valence-corrected chi connectivity index (χ4v) is 2.42. The lowest BCUT2D eigenvalue weighted by Gasteiger charge is -2.32. The van der Waals surface area contributed by atoms with Gasteiger partial charge in [-0.3, -0.25) is 4.79 Å². The van der Waals surface area contributed by atoms with Crippen LogP contribution in [0.5, 0.6) is 0 Å². The van der Waals surface area contributed by atoms with E-state index in [4.69, 9.17) is 9.47 Å². The van der Waals surface area contributed by atoms with Gasteiger partial charge in [0.1, 0.15) is 11.4 Å². The first kappa shape index (κ1) is 14.5. The number of hydrogen-bond donors (Lipinski definition) is 1. The molecule has 3 rings (SSSR count). The molecule has 1 N–H and O–H groups in total. The Balaban J connectivity index is 1.50. The number of carbonyl (C=O) groups is 1. The third-order valence-electron chi connectivity index (χ3n) is 3.96. The zero-order valence-corrected chi connectivity index (χ0v) is 12.2. The topological polar surface area (TPSA) is 86.5 Å². The highest BCUT2D eigenvalue weighted by atomic mass is 16.6. The van der Waals surface area contributed by atoms with E-state index in [9.17, 15) is 4.79 Å². The van der Waals surface area contributed by atoms with E-state index >= 15 is 0 Å². The van der Waals surface area contributed by atoms with Gasteiger partial charge in [-0.15, -0.1) is 0 Å². The highest BCUT2D eigenvalue weighted by molar-refractivity contribution is 5.78. The van der Waals surface area contributed by atoms with Crippen LogP contribution in [0.25, 0.3) is 0 Å². The zero-order chi connectivity index (χ0) is 14.7. The molecule has 1 saturated carbocycles. The van der Waals surface area contributed by atoms with Crippen molar-refractivity contribution in [2.45, 2.75) is 44.8 Å². The van der Waals surface area contributed by atoms with Crippen molar-refractivity contribution in [1.29, 1.82) is 0 Å². The van der Waals surface area contributed by atoms with Crippen LogP contribution in [0.1, 0.15) is 30.7 Å². The van der Waals surface area contributed by atoms with Crippen LogP contribution in [0.4, 0.5) is 0 Å². The van der Waals surface area contributed by atoms with E-state index in [1.165, 1.54) is 12.8 Å². The van der Waals surface area contributed by atoms with Gasteiger partial charge in [0.05, 0.1) is 25.2 Å². The van der Waals surface area contributed by atoms with Gasteiger partial charge in [0.2, 0.25) is 5.91 Å². The highest BCUT2D eigenvalue weighted by Gasteiger charge is 2.30. The van der Waals surface area contributed by atoms with Crippen molar-refractivity contribution in [3.05, 3.63) is 11.4 Å². The van der Waals surface area contributed by atoms with Gasteiger partial charge in [-0.2, -0.15) is 0 Å². The van der Waals surface area contributed by atoms with Crippen molar-refractivity contribution in [2.75, 3.05) is 19.8 Å². The van der Waals surface area contributed by atoms with E-state index in [0.29, 0.717) is 30.5 Å². The summed E-state index contributed by atoms with van der Waals surface area (Å²) in [6.07, 6.45) is 3.56. The number of nitrogens with one attached hydrogen (secondary N) is 1. The molecule has 7 heteroatoms. The lowest BCUT2D eigenvalue weighted by molar-refractivity contribution is -0.125. The lowest BCUT2D eigenvalue weighted by Crippen LogP contribution is -2.51. The number of aryl methyl sites for hydroxylation is 1. The van der Waals surface area contributed by atoms with Gasteiger partial charge in [-0.1, -0.05) is 10.3 Å². The van der Waals surface area contributed by atoms with Crippen molar-refractivity contribution in [3.63, 3.8) is 0 Å². The summed E-state index contributed by atoms with van der Waals surface area (Å²) in [5, 5.41) is 10.4. The predicted octanol–water partition coefficient (Wildman–Crippen LogP) is 0.621. The molecule has 0 aromatic carbocycles. The first-order valence-corrected chi connectivity index (χ1v) is 7.49. The van der Waals surface area contributed by atoms with Gasteiger partial charge in [0, 0.05) is 13.2 Å². The monoisotopic (exact) mass is 295 g/mol. The van der Waals surface area contributed by atoms with E-state index in [2.05, 4.69) is 20.3 Å². The van der Waals surface area contributed by atoms with Gasteiger partial charge >= 0.3 is 0 Å². The Morgan fingerprint density at radius 3 is 2.95 bits per heavy atom. The molecular weight excluding hydrogens is 274 g/mol. The number of nitrogens with zero attached hydrogens (tertiary/aromatic N) is 2. The maximum Gasteiger partial charge on any atom is 0.226 e. The SMILES string of the molecule is Cc1nonc1CC(=O)N[C@@H]1COCC[C@@H]1OCC1CC1. The molecule has 1 saturated heterocycles. The minimum absolute atomic E-state index is 0.0415. The zero-order valence-electron chi connectivity index (χ0n) is 12.2. The molecule has 1 aliphatic heterocycles. The summed E-state index contributed by atoms with van der Waals surface area (Å²) >= 11 is 0. The van der Waals surface area contributed by atoms with Crippen LogP contribution in [0, 0.1) is 12.8 Å². The van der Waals surface area contributed by atoms with Crippen molar-refractivity contribution in [2.24, 2.45) is 5.92 Å². The third kappa shape index (κ3) is 4.01. The third-order valence-corrected chi connectivity index (χ3v) is 3.96. The second-order valence-corrected chi connectivity index (χ2v) is 5.83. The maximum absolute atomic E-state index is 12.1. The number of rotatable bonds is 6. The average Bonchev–Trinajstić information content (AvgIpc) is 3.22. The van der Waals surface area contributed by atoms with Gasteiger partial charge in [0.15, 0.2) is 0 Å². The smallest absolute Gasteiger partial charge is 0.226 e. The van der Waals surface area contributed by atoms with Crippen LogP contribution < -0.4 is 5.32 Å². The van der Waals surface area contributed by atoms with Crippen LogP contribution in [0.2, 0.25) is 0 Å². The number of aromatic nitrogens is 2. The number of carbonyl (C=O) groups excluding carboxylic acids is 1. The molecular formula is C14H21N3O4. The summed E-state index contributed by atoms with van der Waals surface area (Å²) in [7, 11) is 0. The van der Waals surface area contributed by atoms with Crippen molar-refractivity contribution < 1.29 is 18.9 Å². The molecule has 116 valence electrons. The van der Waals surface area contributed by atoms with E-state index in [0.717, 1.165) is 13.0 Å². The summed E-state index contributed by atoms with van der Waals surface area (Å²) in [6.45, 7) is 3.75. The van der Waals surface area contributed by atoms with Gasteiger partial charge in [-0.25, -0.2) is 4.63 Å². The molecule has 0 unspecified atom stereocenters. The van der Waals surface area contributed by atoms with Crippen LogP contribution in [0.15, 0.2) is 4.63 Å². The molecule has 2 atom stereocenters. The number of ether oxygens (including phenoxy) is 2. The Labute approximate surface area is 123 Å². The fraction of sp³-hybridized carbons (Fsp3) is 0.786. The molecule has 2 aliphatic rings. The van der Waals surface area contributed by atoms with Crippen molar-refractivity contribution in [1.82, 2.24) is 15.6 Å². The largest absolute Gasteiger partial charge is 0.379 e. The molecule has 21 heavy (non-hydrogen) atoms. The molecule has 1 aliphatic carbocycles. The second-order valence-electron chi connectivity index (χ2n) is 5.83. The maximum atomic E-state index is 12.1. The molecule has 1 aromatic heterocycles. The van der Waals surface area contributed by atoms with Crippen LogP contribution in [-0.2, 0) is 20.7 Å². The predicted molar refractivity (Wildman–Crippen MR) is 72.6 cm³/mol. The second kappa shape index (κ2) is 6.53. The summed E-state index contributed by atoms with van der Waals surface area (Å²) in [4.78, 5) is 12.1. The minimum Gasteiger partial charge on any atom is -0.379 e. The lowest BCUT2D eigenvalue weighted by atomic mass is 10.1. The summed E-state index contributed by atoms with van der Waals surface area (Å²) in [5.41, 5.74) is 1.21. The van der Waals surface area contributed by atoms with Crippen LogP contribution in [-0.4, -0.2) is 48.2 Å². The molecule has 7 nitrogen and oxygen atoms in total. The van der Waals surface area contributed by atoms with Crippen LogP contribution in [0.3, 0.4) is 0 Å². The summed E-state index contributed by atoms with van der Waals surface area (Å²) in [6, 6.07) is -0.0924. The molecule has 0 bridgehead atoms. The summed E-state index contributed by atoms with van der Waals surface area (Å²) in [5.74, 6) is 0.609. The Hall–Kier alpha value is -1.47. The first-order valence-electron chi connectivity index (χ1n) is 7.49. The molecule has 1 aromatic rings. The Morgan fingerprint density at radius 2 is 2.24 bits per heavy atom. The van der Waals surface area contributed by atoms with E-state index in [1.54, 1.807) is 6.92 Å². The quantitative estimate of drug-likeness (QED) is 0.828. The first-order chi connectivity index (χ1) is 10.2. The molecule has 0 radical (unpaired) electrons. The van der Waals surface area contributed by atoms with Gasteiger partial charge < -0.3 is 14.8 Å². The normalized spacial score (nSPS) is 25.8. The minimum atomic E-state index is -0.107. The van der Waals surface area contributed by atoms with Gasteiger partial charge in [0.25, 0.3) is 0 Å². The standard InChI is InChI=1S/C14H21N3O4/c1-9-11(17-21-16-9)6-14(18)15-12-8-19-5-4-13(12)20-7-10-2-3-10/h10,12-13H,2-8H2,1H3,(H,15,18)/t12-,13+/m1/s1. The average molecular weight is 295 g/mol. The summed E-state index contributed by atoms with van der Waals surface area (Å²) < 4.78 is 16.0. The van der Waals surface area contributed by atoms with E-state index < -0.39 is 0 Å². The highest BCUT2D eigenvalue weighted by Crippen LogP contribution is 2.30. The Bertz CT molecular complexity index is 486. The van der Waals surface area contributed by atoms with Crippen LogP contribution >= 0.6 is 0 Å².